The number of allylic oxidation sites excluding steroid dienone is 1. The van der Waals surface area contributed by atoms with Crippen molar-refractivity contribution in [3.8, 4) is 0 Å². The quantitative estimate of drug-likeness (QED) is 0.669. The van der Waals surface area contributed by atoms with Crippen LogP contribution in [-0.2, 0) is 6.42 Å². The van der Waals surface area contributed by atoms with Crippen LogP contribution in [0.3, 0.4) is 0 Å². The van der Waals surface area contributed by atoms with Gasteiger partial charge in [-0.1, -0.05) is 17.8 Å². The van der Waals surface area contributed by atoms with E-state index in [9.17, 15) is 0 Å². The second kappa shape index (κ2) is 2.66. The molecule has 1 aliphatic heterocycles. The van der Waals surface area contributed by atoms with E-state index < -0.39 is 0 Å². The number of thioether (sulfide) groups is 1. The summed E-state index contributed by atoms with van der Waals surface area (Å²) < 4.78 is 0. The van der Waals surface area contributed by atoms with E-state index in [1.54, 1.807) is 11.8 Å². The van der Waals surface area contributed by atoms with Gasteiger partial charge in [-0.3, -0.25) is 0 Å². The van der Waals surface area contributed by atoms with Gasteiger partial charge in [0.25, 0.3) is 0 Å². The van der Waals surface area contributed by atoms with Gasteiger partial charge in [-0.25, -0.2) is 0 Å². The van der Waals surface area contributed by atoms with Gasteiger partial charge in [-0.15, -0.1) is 0 Å². The van der Waals surface area contributed by atoms with E-state index in [-0.39, 0.29) is 0 Å². The molecule has 1 aromatic rings. The first kappa shape index (κ1) is 6.85. The van der Waals surface area contributed by atoms with Gasteiger partial charge in [0.2, 0.25) is 0 Å². The molecule has 1 aromatic heterocycles. The predicted molar refractivity (Wildman–Crippen MR) is 49.0 cm³/mol. The summed E-state index contributed by atoms with van der Waals surface area (Å²) in [7, 11) is 1.93. The molecule has 0 unspecified atom stereocenters. The molecule has 2 N–H and O–H groups in total. The zero-order chi connectivity index (χ0) is 7.68. The minimum Gasteiger partial charge on any atom is -0.375 e. The molecule has 1 aliphatic rings. The lowest BCUT2D eigenvalue weighted by Gasteiger charge is -2.01. The van der Waals surface area contributed by atoms with Gasteiger partial charge in [0.1, 0.15) is 5.82 Å². The third-order valence-corrected chi connectivity index (χ3v) is 2.69. The van der Waals surface area contributed by atoms with Gasteiger partial charge in [0, 0.05) is 24.1 Å². The van der Waals surface area contributed by atoms with Crippen LogP contribution in [0.5, 0.6) is 0 Å². The summed E-state index contributed by atoms with van der Waals surface area (Å²) >= 11 is 1.77. The number of nitrogens with one attached hydrogen (secondary N) is 2. The van der Waals surface area contributed by atoms with Crippen LogP contribution in [-0.4, -0.2) is 12.0 Å². The summed E-state index contributed by atoms with van der Waals surface area (Å²) in [6, 6.07) is 2.14. The van der Waals surface area contributed by atoms with Gasteiger partial charge < -0.3 is 10.3 Å². The number of H-pyrrole nitrogens is 1. The SMILES string of the molecule is CNc1cc2c([nH]1)CC=CS2. The molecular weight excluding hydrogens is 156 g/mol. The van der Waals surface area contributed by atoms with Crippen molar-refractivity contribution in [2.24, 2.45) is 0 Å². The van der Waals surface area contributed by atoms with Gasteiger partial charge in [-0.2, -0.15) is 0 Å². The Labute approximate surface area is 70.1 Å². The Bertz CT molecular complexity index is 263. The van der Waals surface area contributed by atoms with Crippen molar-refractivity contribution < 1.29 is 0 Å². The fraction of sp³-hybridized carbons (Fsp3) is 0.250. The van der Waals surface area contributed by atoms with E-state index in [4.69, 9.17) is 0 Å². The lowest BCUT2D eigenvalue weighted by atomic mass is 10.3. The van der Waals surface area contributed by atoms with E-state index in [1.165, 1.54) is 10.6 Å². The summed E-state index contributed by atoms with van der Waals surface area (Å²) in [6.45, 7) is 0. The minimum absolute atomic E-state index is 1.03. The molecule has 0 fully saturated rings. The van der Waals surface area contributed by atoms with E-state index in [2.05, 4.69) is 27.9 Å². The first-order valence-electron chi connectivity index (χ1n) is 3.61. The maximum absolute atomic E-state index is 3.30. The standard InChI is InChI=1S/C8H10N2S/c1-9-8-5-7-6(10-8)3-2-4-11-7/h2,4-5,9-10H,3H2,1H3. The van der Waals surface area contributed by atoms with Crippen molar-refractivity contribution in [3.63, 3.8) is 0 Å². The molecule has 0 amide bonds. The van der Waals surface area contributed by atoms with Gasteiger partial charge in [0.05, 0.1) is 0 Å². The highest BCUT2D eigenvalue weighted by atomic mass is 32.2. The molecule has 3 heteroatoms. The zero-order valence-corrected chi connectivity index (χ0v) is 7.16. The Morgan fingerprint density at radius 2 is 2.55 bits per heavy atom. The molecule has 11 heavy (non-hydrogen) atoms. The molecule has 2 rings (SSSR count). The van der Waals surface area contributed by atoms with E-state index in [0.717, 1.165) is 12.2 Å². The highest BCUT2D eigenvalue weighted by molar-refractivity contribution is 8.02. The van der Waals surface area contributed by atoms with Gasteiger partial charge in [-0.05, 0) is 11.5 Å². The summed E-state index contributed by atoms with van der Waals surface area (Å²) in [6.07, 6.45) is 3.20. The molecule has 0 spiro atoms. The number of hydrogen-bond acceptors (Lipinski definition) is 2. The fourth-order valence-electron chi connectivity index (χ4n) is 1.16. The highest BCUT2D eigenvalue weighted by Gasteiger charge is 2.08. The topological polar surface area (TPSA) is 27.8 Å². The third kappa shape index (κ3) is 1.16. The van der Waals surface area contributed by atoms with Crippen molar-refractivity contribution >= 4 is 17.6 Å². The number of fused-ring (bicyclic) bond motifs is 1. The van der Waals surface area contributed by atoms with Crippen molar-refractivity contribution in [3.05, 3.63) is 23.2 Å². The molecule has 58 valence electrons. The number of aromatic amines is 1. The largest absolute Gasteiger partial charge is 0.375 e. The second-order valence-electron chi connectivity index (χ2n) is 2.47. The van der Waals surface area contributed by atoms with Gasteiger partial charge >= 0.3 is 0 Å². The summed E-state index contributed by atoms with van der Waals surface area (Å²) in [4.78, 5) is 4.64. The monoisotopic (exact) mass is 166 g/mol. The van der Waals surface area contributed by atoms with Crippen LogP contribution in [0.1, 0.15) is 5.69 Å². The molecule has 0 aliphatic carbocycles. The normalized spacial score (nSPS) is 14.6. The molecule has 2 heterocycles. The maximum Gasteiger partial charge on any atom is 0.104 e. The van der Waals surface area contributed by atoms with Crippen molar-refractivity contribution in [1.82, 2.24) is 4.98 Å². The first-order chi connectivity index (χ1) is 5.40. The molecule has 0 saturated carbocycles. The van der Waals surface area contributed by atoms with E-state index in [0.29, 0.717) is 0 Å². The Kier molecular flexibility index (Phi) is 1.66. The molecular formula is C8H10N2S. The lowest BCUT2D eigenvalue weighted by molar-refractivity contribution is 1.10. The van der Waals surface area contributed by atoms with Crippen LogP contribution in [0.15, 0.2) is 22.4 Å². The van der Waals surface area contributed by atoms with Crippen LogP contribution in [0, 0.1) is 0 Å². The predicted octanol–water partition coefficient (Wildman–Crippen LogP) is 2.22. The average molecular weight is 166 g/mol. The van der Waals surface area contributed by atoms with Crippen molar-refractivity contribution in [2.75, 3.05) is 12.4 Å². The summed E-state index contributed by atoms with van der Waals surface area (Å²) in [5.74, 6) is 1.10. The Morgan fingerprint density at radius 1 is 1.64 bits per heavy atom. The molecule has 0 aromatic carbocycles. The number of hydrogen-bond donors (Lipinski definition) is 2. The molecule has 0 atom stereocenters. The summed E-state index contributed by atoms with van der Waals surface area (Å²) in [5.41, 5.74) is 1.32. The molecule has 0 radical (unpaired) electrons. The Balaban J connectivity index is 2.36. The molecule has 0 bridgehead atoms. The number of aromatic nitrogens is 1. The zero-order valence-electron chi connectivity index (χ0n) is 6.35. The van der Waals surface area contributed by atoms with Crippen LogP contribution >= 0.6 is 11.8 Å². The lowest BCUT2D eigenvalue weighted by Crippen LogP contribution is -1.89. The summed E-state index contributed by atoms with van der Waals surface area (Å²) in [5, 5.41) is 5.22. The first-order valence-corrected chi connectivity index (χ1v) is 4.49. The van der Waals surface area contributed by atoms with E-state index >= 15 is 0 Å². The van der Waals surface area contributed by atoms with Crippen molar-refractivity contribution in [1.29, 1.82) is 0 Å². The number of rotatable bonds is 1. The molecule has 2 nitrogen and oxygen atoms in total. The highest BCUT2D eigenvalue weighted by Crippen LogP contribution is 2.30. The smallest absolute Gasteiger partial charge is 0.104 e. The Morgan fingerprint density at radius 3 is 3.27 bits per heavy atom. The molecule has 0 saturated heterocycles. The third-order valence-electron chi connectivity index (χ3n) is 1.74. The van der Waals surface area contributed by atoms with Crippen LogP contribution < -0.4 is 5.32 Å². The minimum atomic E-state index is 1.03. The van der Waals surface area contributed by atoms with Crippen LogP contribution in [0.25, 0.3) is 0 Å². The van der Waals surface area contributed by atoms with Crippen molar-refractivity contribution in [2.45, 2.75) is 11.3 Å². The van der Waals surface area contributed by atoms with Crippen LogP contribution in [0.4, 0.5) is 5.82 Å². The average Bonchev–Trinajstić information content (AvgIpc) is 2.46. The maximum atomic E-state index is 3.30. The van der Waals surface area contributed by atoms with Gasteiger partial charge in [0.15, 0.2) is 0 Å². The van der Waals surface area contributed by atoms with E-state index in [1.807, 2.05) is 7.05 Å². The number of anilines is 1. The van der Waals surface area contributed by atoms with Crippen LogP contribution in [0.2, 0.25) is 0 Å². The fourth-order valence-corrected chi connectivity index (χ4v) is 1.96. The Hall–Kier alpha value is -0.830. The second-order valence-corrected chi connectivity index (χ2v) is 3.42.